The van der Waals surface area contributed by atoms with Gasteiger partial charge in [-0.15, -0.1) is 6.58 Å². The van der Waals surface area contributed by atoms with Gasteiger partial charge in [0.2, 0.25) is 0 Å². The minimum absolute atomic E-state index is 0.487. The first-order valence-electron chi connectivity index (χ1n) is 6.74. The molecule has 4 nitrogen and oxygen atoms in total. The molecule has 0 fully saturated rings. The average molecular weight is 290 g/mol. The van der Waals surface area contributed by atoms with Crippen LogP contribution in [0.25, 0.3) is 0 Å². The lowest BCUT2D eigenvalue weighted by molar-refractivity contribution is 0.866. The van der Waals surface area contributed by atoms with Gasteiger partial charge in [-0.05, 0) is 43.8 Å². The van der Waals surface area contributed by atoms with Gasteiger partial charge in [0.1, 0.15) is 0 Å². The van der Waals surface area contributed by atoms with E-state index in [2.05, 4.69) is 53.3 Å². The molecule has 0 unspecified atom stereocenters. The first-order valence-corrected chi connectivity index (χ1v) is 7.14. The zero-order valence-electron chi connectivity index (χ0n) is 12.1. The summed E-state index contributed by atoms with van der Waals surface area (Å²) in [5, 5.41) is 7.51. The Morgan fingerprint density at radius 3 is 2.50 bits per heavy atom. The third kappa shape index (κ3) is 5.40. The Hall–Kier alpha value is -1.88. The van der Waals surface area contributed by atoms with Gasteiger partial charge in [0.25, 0.3) is 0 Å². The first kappa shape index (κ1) is 16.2. The molecule has 0 aromatic heterocycles. The summed E-state index contributed by atoms with van der Waals surface area (Å²) in [5.41, 5.74) is 5.01. The molecule has 0 heterocycles. The largest absolute Gasteiger partial charge is 0.372 e. The Kier molecular flexibility index (Phi) is 7.35. The molecular formula is C15H22N4S. The van der Waals surface area contributed by atoms with E-state index in [1.165, 1.54) is 5.69 Å². The molecule has 0 saturated carbocycles. The van der Waals surface area contributed by atoms with E-state index in [-0.39, 0.29) is 0 Å². The second kappa shape index (κ2) is 9.09. The number of thiocarbonyl (C=S) groups is 1. The lowest BCUT2D eigenvalue weighted by Crippen LogP contribution is -2.31. The van der Waals surface area contributed by atoms with Crippen LogP contribution in [0.3, 0.4) is 0 Å². The van der Waals surface area contributed by atoms with Gasteiger partial charge in [0.15, 0.2) is 5.11 Å². The Balaban J connectivity index is 2.52. The number of hydrazone groups is 1. The van der Waals surface area contributed by atoms with Crippen LogP contribution in [0.4, 0.5) is 5.69 Å². The monoisotopic (exact) mass is 290 g/mol. The third-order valence-corrected chi connectivity index (χ3v) is 3.04. The van der Waals surface area contributed by atoms with Crippen LogP contribution < -0.4 is 15.6 Å². The van der Waals surface area contributed by atoms with Crippen molar-refractivity contribution in [1.29, 1.82) is 0 Å². The highest BCUT2D eigenvalue weighted by Crippen LogP contribution is 2.13. The average Bonchev–Trinajstić information content (AvgIpc) is 2.48. The molecule has 0 aliphatic heterocycles. The molecule has 0 aliphatic carbocycles. The Bertz CT molecular complexity index is 449. The van der Waals surface area contributed by atoms with E-state index in [0.29, 0.717) is 11.7 Å². The second-order valence-electron chi connectivity index (χ2n) is 4.13. The fourth-order valence-electron chi connectivity index (χ4n) is 1.73. The van der Waals surface area contributed by atoms with Crippen molar-refractivity contribution >= 4 is 29.2 Å². The molecule has 0 atom stereocenters. The number of nitrogens with one attached hydrogen (secondary N) is 2. The fourth-order valence-corrected chi connectivity index (χ4v) is 1.87. The normalized spacial score (nSPS) is 10.3. The highest BCUT2D eigenvalue weighted by molar-refractivity contribution is 7.80. The van der Waals surface area contributed by atoms with E-state index >= 15 is 0 Å². The summed E-state index contributed by atoms with van der Waals surface area (Å²) >= 11 is 5.03. The summed E-state index contributed by atoms with van der Waals surface area (Å²) < 4.78 is 0. The Morgan fingerprint density at radius 2 is 1.95 bits per heavy atom. The second-order valence-corrected chi connectivity index (χ2v) is 4.54. The molecule has 0 aliphatic rings. The predicted molar refractivity (Wildman–Crippen MR) is 91.5 cm³/mol. The van der Waals surface area contributed by atoms with E-state index < -0.39 is 0 Å². The van der Waals surface area contributed by atoms with Crippen LogP contribution in [0.5, 0.6) is 0 Å². The third-order valence-electron chi connectivity index (χ3n) is 2.81. The number of hydrogen-bond donors (Lipinski definition) is 2. The smallest absolute Gasteiger partial charge is 0.187 e. The molecule has 0 saturated heterocycles. The molecule has 5 heteroatoms. The fraction of sp³-hybridized carbons (Fsp3) is 0.333. The number of anilines is 1. The minimum atomic E-state index is 0.487. The van der Waals surface area contributed by atoms with Gasteiger partial charge in [0, 0.05) is 25.3 Å². The first-order chi connectivity index (χ1) is 9.71. The molecule has 0 amide bonds. The van der Waals surface area contributed by atoms with E-state index in [0.717, 1.165) is 18.7 Å². The Morgan fingerprint density at radius 1 is 1.30 bits per heavy atom. The maximum atomic E-state index is 5.03. The molecule has 0 radical (unpaired) electrons. The molecule has 1 aromatic carbocycles. The minimum Gasteiger partial charge on any atom is -0.372 e. The Labute approximate surface area is 126 Å². The van der Waals surface area contributed by atoms with Crippen molar-refractivity contribution in [2.45, 2.75) is 13.8 Å². The van der Waals surface area contributed by atoms with Gasteiger partial charge >= 0.3 is 0 Å². The van der Waals surface area contributed by atoms with Crippen molar-refractivity contribution < 1.29 is 0 Å². The standard InChI is InChI=1S/C15H22N4S/c1-4-11-16-15(20)18-17-12-13-7-9-14(10-8-13)19(5-2)6-3/h4,7-10,12H,1,5-6,11H2,2-3H3,(H2,16,18,20)/b17-12+. The van der Waals surface area contributed by atoms with Crippen molar-refractivity contribution in [3.8, 4) is 0 Å². The van der Waals surface area contributed by atoms with Gasteiger partial charge in [0.05, 0.1) is 6.21 Å². The SMILES string of the molecule is C=CCNC(=S)N/N=C/c1ccc(N(CC)CC)cc1. The number of nitrogens with zero attached hydrogens (tertiary/aromatic N) is 2. The number of rotatable bonds is 7. The molecule has 1 rings (SSSR count). The van der Waals surface area contributed by atoms with Crippen molar-refractivity contribution in [2.24, 2.45) is 5.10 Å². The van der Waals surface area contributed by atoms with E-state index in [1.807, 2.05) is 12.1 Å². The molecule has 20 heavy (non-hydrogen) atoms. The van der Waals surface area contributed by atoms with Crippen LogP contribution >= 0.6 is 12.2 Å². The maximum absolute atomic E-state index is 5.03. The van der Waals surface area contributed by atoms with Crippen LogP contribution in [0.1, 0.15) is 19.4 Å². The lowest BCUT2D eigenvalue weighted by atomic mass is 10.2. The quantitative estimate of drug-likeness (QED) is 0.350. The summed E-state index contributed by atoms with van der Waals surface area (Å²) in [6.45, 7) is 10.6. The summed E-state index contributed by atoms with van der Waals surface area (Å²) in [7, 11) is 0. The number of hydrogen-bond acceptors (Lipinski definition) is 3. The zero-order valence-corrected chi connectivity index (χ0v) is 12.9. The van der Waals surface area contributed by atoms with Gasteiger partial charge in [-0.25, -0.2) is 0 Å². The molecule has 108 valence electrons. The number of benzene rings is 1. The van der Waals surface area contributed by atoms with Crippen molar-refractivity contribution in [2.75, 3.05) is 24.5 Å². The molecule has 0 bridgehead atoms. The van der Waals surface area contributed by atoms with Crippen LogP contribution in [-0.2, 0) is 0 Å². The predicted octanol–water partition coefficient (Wildman–Crippen LogP) is 2.52. The summed E-state index contributed by atoms with van der Waals surface area (Å²) in [6, 6.07) is 8.28. The van der Waals surface area contributed by atoms with Crippen LogP contribution in [0, 0.1) is 0 Å². The maximum Gasteiger partial charge on any atom is 0.187 e. The van der Waals surface area contributed by atoms with Gasteiger partial charge in [-0.1, -0.05) is 18.2 Å². The van der Waals surface area contributed by atoms with E-state index in [4.69, 9.17) is 12.2 Å². The lowest BCUT2D eigenvalue weighted by Gasteiger charge is -2.20. The van der Waals surface area contributed by atoms with Gasteiger partial charge < -0.3 is 10.2 Å². The highest BCUT2D eigenvalue weighted by atomic mass is 32.1. The van der Waals surface area contributed by atoms with E-state index in [9.17, 15) is 0 Å². The molecule has 0 spiro atoms. The molecule has 1 aromatic rings. The van der Waals surface area contributed by atoms with Gasteiger partial charge in [-0.2, -0.15) is 5.10 Å². The summed E-state index contributed by atoms with van der Waals surface area (Å²) in [4.78, 5) is 2.30. The van der Waals surface area contributed by atoms with Crippen LogP contribution in [-0.4, -0.2) is 31.0 Å². The van der Waals surface area contributed by atoms with Crippen molar-refractivity contribution in [3.63, 3.8) is 0 Å². The molecular weight excluding hydrogens is 268 g/mol. The van der Waals surface area contributed by atoms with Crippen LogP contribution in [0.2, 0.25) is 0 Å². The van der Waals surface area contributed by atoms with Gasteiger partial charge in [-0.3, -0.25) is 5.43 Å². The zero-order chi connectivity index (χ0) is 14.8. The van der Waals surface area contributed by atoms with Crippen LogP contribution in [0.15, 0.2) is 42.0 Å². The highest BCUT2D eigenvalue weighted by Gasteiger charge is 2.00. The van der Waals surface area contributed by atoms with E-state index in [1.54, 1.807) is 12.3 Å². The summed E-state index contributed by atoms with van der Waals surface area (Å²) in [6.07, 6.45) is 3.48. The van der Waals surface area contributed by atoms with Crippen molar-refractivity contribution in [3.05, 3.63) is 42.5 Å². The van der Waals surface area contributed by atoms with Crippen molar-refractivity contribution in [1.82, 2.24) is 10.7 Å². The topological polar surface area (TPSA) is 39.7 Å². The summed E-state index contributed by atoms with van der Waals surface area (Å²) in [5.74, 6) is 0. The molecule has 2 N–H and O–H groups in total.